The molecule has 104 valence electrons. The molecule has 3 aromatic rings. The topological polar surface area (TPSA) is 74.6 Å². The van der Waals surface area contributed by atoms with Gasteiger partial charge in [0.2, 0.25) is 0 Å². The predicted octanol–water partition coefficient (Wildman–Crippen LogP) is 1.84. The molecule has 0 radical (unpaired) electrons. The first-order valence-electron chi connectivity index (χ1n) is 6.86. The van der Waals surface area contributed by atoms with Gasteiger partial charge in [-0.25, -0.2) is 4.68 Å². The summed E-state index contributed by atoms with van der Waals surface area (Å²) in [5.41, 5.74) is 8.94. The molecule has 1 aromatic carbocycles. The zero-order valence-corrected chi connectivity index (χ0v) is 11.7. The number of hydrogen-bond donors (Lipinski definition) is 1. The van der Waals surface area contributed by atoms with E-state index in [4.69, 9.17) is 5.73 Å². The molecule has 0 atom stereocenters. The van der Waals surface area contributed by atoms with Gasteiger partial charge in [-0.1, -0.05) is 30.3 Å². The number of para-hydroxylation sites is 1. The van der Waals surface area contributed by atoms with Crippen LogP contribution < -0.4 is 5.73 Å². The fraction of sp³-hybridized carbons (Fsp3) is 0.357. The summed E-state index contributed by atoms with van der Waals surface area (Å²) in [4.78, 5) is 0. The summed E-state index contributed by atoms with van der Waals surface area (Å²) in [6.07, 6.45) is 0.811. The zero-order chi connectivity index (χ0) is 14.1. The third-order valence-electron chi connectivity index (χ3n) is 3.54. The van der Waals surface area contributed by atoms with Crippen LogP contribution in [0.25, 0.3) is 10.9 Å². The van der Waals surface area contributed by atoms with Crippen molar-refractivity contribution in [2.75, 3.05) is 5.73 Å². The van der Waals surface area contributed by atoms with E-state index in [1.807, 2.05) is 28.4 Å². The molecule has 0 saturated heterocycles. The highest BCUT2D eigenvalue weighted by Gasteiger charge is 2.13. The standard InChI is InChI=1S/C14H18N6/c1-3-12-14(15)16-18-20(12)9-11-10-7-5-6-8-13(10)19(4-2)17-11/h5-8H,3-4,9,15H2,1-2H3. The van der Waals surface area contributed by atoms with Gasteiger partial charge < -0.3 is 5.73 Å². The van der Waals surface area contributed by atoms with E-state index in [9.17, 15) is 0 Å². The van der Waals surface area contributed by atoms with Crippen molar-refractivity contribution in [3.8, 4) is 0 Å². The Bertz CT molecular complexity index is 739. The Morgan fingerprint density at radius 3 is 2.70 bits per heavy atom. The van der Waals surface area contributed by atoms with Gasteiger partial charge in [0, 0.05) is 11.9 Å². The average molecular weight is 270 g/mol. The molecule has 0 unspecified atom stereocenters. The molecular weight excluding hydrogens is 252 g/mol. The number of aromatic nitrogens is 5. The lowest BCUT2D eigenvalue weighted by atomic mass is 10.2. The quantitative estimate of drug-likeness (QED) is 0.785. The van der Waals surface area contributed by atoms with Crippen LogP contribution in [0.5, 0.6) is 0 Å². The third kappa shape index (κ3) is 1.93. The Morgan fingerprint density at radius 1 is 1.15 bits per heavy atom. The van der Waals surface area contributed by atoms with Crippen molar-refractivity contribution in [2.24, 2.45) is 0 Å². The number of nitrogens with two attached hydrogens (primary N) is 1. The minimum atomic E-state index is 0.506. The normalized spacial score (nSPS) is 11.3. The molecule has 0 saturated carbocycles. The maximum atomic E-state index is 5.83. The van der Waals surface area contributed by atoms with E-state index in [1.54, 1.807) is 0 Å². The van der Waals surface area contributed by atoms with Gasteiger partial charge in [0.25, 0.3) is 0 Å². The molecular formula is C14H18N6. The van der Waals surface area contributed by atoms with Crippen LogP contribution in [0, 0.1) is 0 Å². The first kappa shape index (κ1) is 12.7. The second-order valence-corrected chi connectivity index (χ2v) is 4.71. The minimum Gasteiger partial charge on any atom is -0.381 e. The first-order valence-corrected chi connectivity index (χ1v) is 6.86. The van der Waals surface area contributed by atoms with Crippen LogP contribution in [0.4, 0.5) is 5.82 Å². The molecule has 20 heavy (non-hydrogen) atoms. The molecule has 2 heterocycles. The molecule has 0 spiro atoms. The van der Waals surface area contributed by atoms with Crippen molar-refractivity contribution in [3.63, 3.8) is 0 Å². The van der Waals surface area contributed by atoms with Crippen molar-refractivity contribution >= 4 is 16.7 Å². The van der Waals surface area contributed by atoms with Gasteiger partial charge in [-0.2, -0.15) is 5.10 Å². The lowest BCUT2D eigenvalue weighted by molar-refractivity contribution is 0.593. The lowest BCUT2D eigenvalue weighted by Crippen LogP contribution is -2.08. The van der Waals surface area contributed by atoms with E-state index in [1.165, 1.54) is 0 Å². The Hall–Kier alpha value is -2.37. The van der Waals surface area contributed by atoms with Gasteiger partial charge in [0.05, 0.1) is 23.4 Å². The molecule has 0 aliphatic rings. The Kier molecular flexibility index (Phi) is 3.14. The second kappa shape index (κ2) is 4.96. The Balaban J connectivity index is 2.06. The molecule has 2 aromatic heterocycles. The van der Waals surface area contributed by atoms with E-state index in [-0.39, 0.29) is 0 Å². The number of hydrogen-bond acceptors (Lipinski definition) is 4. The maximum absolute atomic E-state index is 5.83. The molecule has 3 rings (SSSR count). The summed E-state index contributed by atoms with van der Waals surface area (Å²) >= 11 is 0. The fourth-order valence-corrected chi connectivity index (χ4v) is 2.53. The fourth-order valence-electron chi connectivity index (χ4n) is 2.53. The molecule has 2 N–H and O–H groups in total. The van der Waals surface area contributed by atoms with Crippen molar-refractivity contribution in [3.05, 3.63) is 35.7 Å². The number of fused-ring (bicyclic) bond motifs is 1. The number of benzene rings is 1. The number of rotatable bonds is 4. The average Bonchev–Trinajstić information content (AvgIpc) is 3.01. The van der Waals surface area contributed by atoms with Crippen molar-refractivity contribution in [1.29, 1.82) is 0 Å². The van der Waals surface area contributed by atoms with Crippen molar-refractivity contribution < 1.29 is 0 Å². The van der Waals surface area contributed by atoms with Crippen LogP contribution in [-0.4, -0.2) is 24.8 Å². The number of aryl methyl sites for hydroxylation is 1. The molecule has 0 aliphatic carbocycles. The summed E-state index contributed by atoms with van der Waals surface area (Å²) in [5, 5.41) is 13.9. The smallest absolute Gasteiger partial charge is 0.169 e. The lowest BCUT2D eigenvalue weighted by Gasteiger charge is -2.02. The Morgan fingerprint density at radius 2 is 1.95 bits per heavy atom. The highest BCUT2D eigenvalue weighted by molar-refractivity contribution is 5.81. The highest BCUT2D eigenvalue weighted by atomic mass is 15.4. The molecule has 0 fully saturated rings. The van der Waals surface area contributed by atoms with E-state index in [0.29, 0.717) is 12.4 Å². The van der Waals surface area contributed by atoms with Crippen LogP contribution in [0.3, 0.4) is 0 Å². The molecule has 6 nitrogen and oxygen atoms in total. The summed E-state index contributed by atoms with van der Waals surface area (Å²) in [6, 6.07) is 8.25. The SMILES string of the molecule is CCc1c(N)nnn1Cc1nn(CC)c2ccccc12. The summed E-state index contributed by atoms with van der Waals surface area (Å²) in [5.74, 6) is 0.506. The summed E-state index contributed by atoms with van der Waals surface area (Å²) in [6.45, 7) is 5.59. The van der Waals surface area contributed by atoms with Gasteiger partial charge in [0.15, 0.2) is 5.82 Å². The first-order chi connectivity index (χ1) is 9.74. The van der Waals surface area contributed by atoms with Crippen LogP contribution in [0.15, 0.2) is 24.3 Å². The summed E-state index contributed by atoms with van der Waals surface area (Å²) in [7, 11) is 0. The minimum absolute atomic E-state index is 0.506. The zero-order valence-electron chi connectivity index (χ0n) is 11.7. The van der Waals surface area contributed by atoms with Crippen LogP contribution >= 0.6 is 0 Å². The molecule has 6 heteroatoms. The maximum Gasteiger partial charge on any atom is 0.169 e. The van der Waals surface area contributed by atoms with Crippen LogP contribution in [-0.2, 0) is 19.5 Å². The second-order valence-electron chi connectivity index (χ2n) is 4.71. The molecule has 0 bridgehead atoms. The largest absolute Gasteiger partial charge is 0.381 e. The van der Waals surface area contributed by atoms with E-state index >= 15 is 0 Å². The third-order valence-corrected chi connectivity index (χ3v) is 3.54. The van der Waals surface area contributed by atoms with Gasteiger partial charge >= 0.3 is 0 Å². The van der Waals surface area contributed by atoms with Crippen LogP contribution in [0.1, 0.15) is 25.2 Å². The highest BCUT2D eigenvalue weighted by Crippen LogP contribution is 2.20. The molecule has 0 aliphatic heterocycles. The molecule has 0 amide bonds. The van der Waals surface area contributed by atoms with Crippen LogP contribution in [0.2, 0.25) is 0 Å². The van der Waals surface area contributed by atoms with E-state index < -0.39 is 0 Å². The Labute approximate surface area is 117 Å². The van der Waals surface area contributed by atoms with Crippen molar-refractivity contribution in [1.82, 2.24) is 24.8 Å². The predicted molar refractivity (Wildman–Crippen MR) is 78.3 cm³/mol. The van der Waals surface area contributed by atoms with Gasteiger partial charge in [-0.15, -0.1) is 5.10 Å². The monoisotopic (exact) mass is 270 g/mol. The van der Waals surface area contributed by atoms with Gasteiger partial charge in [-0.3, -0.25) is 4.68 Å². The van der Waals surface area contributed by atoms with Gasteiger partial charge in [0.1, 0.15) is 0 Å². The van der Waals surface area contributed by atoms with Gasteiger partial charge in [-0.05, 0) is 19.4 Å². The number of nitrogens with zero attached hydrogens (tertiary/aromatic N) is 5. The number of nitrogen functional groups attached to an aromatic ring is 1. The van der Waals surface area contributed by atoms with Crippen molar-refractivity contribution in [2.45, 2.75) is 33.4 Å². The van der Waals surface area contributed by atoms with E-state index in [0.717, 1.165) is 35.3 Å². The van der Waals surface area contributed by atoms with E-state index in [2.05, 4.69) is 34.5 Å². The number of anilines is 1. The summed E-state index contributed by atoms with van der Waals surface area (Å²) < 4.78 is 3.85.